The fourth-order valence-electron chi connectivity index (χ4n) is 3.08. The highest BCUT2D eigenvalue weighted by atomic mass is 32.2. The van der Waals surface area contributed by atoms with Gasteiger partial charge in [-0.05, 0) is 49.2 Å². The zero-order valence-electron chi connectivity index (χ0n) is 16.6. The van der Waals surface area contributed by atoms with E-state index in [1.165, 1.54) is 22.7 Å². The third kappa shape index (κ3) is 4.82. The number of hydrogen-bond donors (Lipinski definition) is 1. The van der Waals surface area contributed by atoms with Crippen molar-refractivity contribution in [2.45, 2.75) is 41.7 Å². The van der Waals surface area contributed by atoms with Gasteiger partial charge in [0, 0.05) is 24.1 Å². The van der Waals surface area contributed by atoms with Gasteiger partial charge in [0.05, 0.1) is 21.6 Å². The van der Waals surface area contributed by atoms with Crippen LogP contribution in [-0.4, -0.2) is 38.3 Å². The van der Waals surface area contributed by atoms with Crippen molar-refractivity contribution >= 4 is 44.8 Å². The number of amides is 2. The molecule has 6 nitrogen and oxygen atoms in total. The molecule has 0 fully saturated rings. The van der Waals surface area contributed by atoms with Crippen LogP contribution in [0.4, 0.5) is 11.4 Å². The molecule has 3 rings (SSSR count). The first-order valence-electron chi connectivity index (χ1n) is 9.39. The summed E-state index contributed by atoms with van der Waals surface area (Å²) in [6.45, 7) is 3.87. The highest BCUT2D eigenvalue weighted by molar-refractivity contribution is 8.01. The number of benzene rings is 2. The molecule has 0 saturated heterocycles. The zero-order valence-corrected chi connectivity index (χ0v) is 18.3. The Bertz CT molecular complexity index is 1050. The molecule has 1 N–H and O–H groups in total. The molecule has 0 bridgehead atoms. The minimum absolute atomic E-state index is 0.109. The van der Waals surface area contributed by atoms with Gasteiger partial charge in [0.25, 0.3) is 0 Å². The molecule has 8 heteroatoms. The molecule has 154 valence electrons. The Labute approximate surface area is 175 Å². The van der Waals surface area contributed by atoms with Crippen molar-refractivity contribution in [2.75, 3.05) is 23.0 Å². The van der Waals surface area contributed by atoms with Crippen molar-refractivity contribution < 1.29 is 18.0 Å². The lowest BCUT2D eigenvalue weighted by atomic mass is 10.2. The molecule has 1 atom stereocenters. The summed E-state index contributed by atoms with van der Waals surface area (Å²) in [6.07, 6.45) is 0.579. The molecule has 0 saturated carbocycles. The molecule has 1 aliphatic heterocycles. The zero-order chi connectivity index (χ0) is 21.2. The van der Waals surface area contributed by atoms with Crippen LogP contribution in [0, 0.1) is 6.92 Å². The van der Waals surface area contributed by atoms with Gasteiger partial charge in [-0.15, -0.1) is 11.8 Å². The maximum Gasteiger partial charge on any atom is 0.237 e. The summed E-state index contributed by atoms with van der Waals surface area (Å²) in [7, 11) is -2.02. The summed E-state index contributed by atoms with van der Waals surface area (Å²) < 4.78 is 25.5. The molecule has 0 aliphatic carbocycles. The van der Waals surface area contributed by atoms with Gasteiger partial charge in [0.15, 0.2) is 9.84 Å². The summed E-state index contributed by atoms with van der Waals surface area (Å²) in [5.41, 5.74) is 2.26. The lowest BCUT2D eigenvalue weighted by molar-refractivity contribution is -0.118. The van der Waals surface area contributed by atoms with Gasteiger partial charge in [-0.2, -0.15) is 0 Å². The van der Waals surface area contributed by atoms with Crippen LogP contribution >= 0.6 is 11.8 Å². The lowest BCUT2D eigenvalue weighted by Crippen LogP contribution is -2.29. The van der Waals surface area contributed by atoms with Crippen LogP contribution in [0.25, 0.3) is 0 Å². The van der Waals surface area contributed by atoms with E-state index in [0.29, 0.717) is 12.1 Å². The van der Waals surface area contributed by atoms with Crippen molar-refractivity contribution in [3.63, 3.8) is 0 Å². The third-order valence-corrected chi connectivity index (χ3v) is 8.00. The number of fused-ring (bicyclic) bond motifs is 1. The molecule has 0 spiro atoms. The number of hydrogen-bond acceptors (Lipinski definition) is 5. The summed E-state index contributed by atoms with van der Waals surface area (Å²) >= 11 is 1.44. The van der Waals surface area contributed by atoms with Gasteiger partial charge in [-0.25, -0.2) is 8.42 Å². The molecular weight excluding hydrogens is 408 g/mol. The first kappa shape index (κ1) is 21.4. The Kier molecular flexibility index (Phi) is 6.33. The Morgan fingerprint density at radius 3 is 2.66 bits per heavy atom. The molecule has 1 aliphatic rings. The van der Waals surface area contributed by atoms with Crippen molar-refractivity contribution in [2.24, 2.45) is 0 Å². The summed E-state index contributed by atoms with van der Waals surface area (Å²) in [4.78, 5) is 27.0. The van der Waals surface area contributed by atoms with Crippen LogP contribution in [0.3, 0.4) is 0 Å². The summed E-state index contributed by atoms with van der Waals surface area (Å²) in [5.74, 6) is -0.680. The molecule has 2 aromatic rings. The number of sulfone groups is 1. The molecule has 1 heterocycles. The second-order valence-electron chi connectivity index (χ2n) is 7.02. The van der Waals surface area contributed by atoms with Crippen molar-refractivity contribution in [3.05, 3.63) is 48.0 Å². The lowest BCUT2D eigenvalue weighted by Gasteiger charge is -2.23. The minimum atomic E-state index is -3.66. The second-order valence-corrected chi connectivity index (χ2v) is 10.4. The normalized spacial score (nSPS) is 16.1. The number of nitrogens with zero attached hydrogens (tertiary/aromatic N) is 1. The predicted octanol–water partition coefficient (Wildman–Crippen LogP) is 3.64. The number of rotatable bonds is 6. The number of thioether (sulfide) groups is 1. The van der Waals surface area contributed by atoms with E-state index < -0.39 is 9.84 Å². The smallest absolute Gasteiger partial charge is 0.237 e. The van der Waals surface area contributed by atoms with Gasteiger partial charge in [-0.1, -0.05) is 19.1 Å². The van der Waals surface area contributed by atoms with Crippen LogP contribution in [0.5, 0.6) is 0 Å². The Hall–Kier alpha value is -2.32. The topological polar surface area (TPSA) is 83.6 Å². The van der Waals surface area contributed by atoms with Gasteiger partial charge in [-0.3, -0.25) is 9.59 Å². The van der Waals surface area contributed by atoms with E-state index >= 15 is 0 Å². The average Bonchev–Trinajstić information content (AvgIpc) is 2.70. The maximum atomic E-state index is 12.7. The van der Waals surface area contributed by atoms with Gasteiger partial charge in [0.1, 0.15) is 0 Å². The molecule has 0 aromatic heterocycles. The van der Waals surface area contributed by atoms with E-state index in [2.05, 4.69) is 5.32 Å². The molecule has 0 radical (unpaired) electrons. The predicted molar refractivity (Wildman–Crippen MR) is 116 cm³/mol. The van der Waals surface area contributed by atoms with Crippen LogP contribution in [0.2, 0.25) is 0 Å². The number of anilines is 2. The fourth-order valence-corrected chi connectivity index (χ4v) is 5.35. The largest absolute Gasteiger partial charge is 0.324 e. The summed E-state index contributed by atoms with van der Waals surface area (Å²) in [5, 5.41) is 2.62. The molecular formula is C21H24N2O4S2. The Morgan fingerprint density at radius 1 is 1.21 bits per heavy atom. The quantitative estimate of drug-likeness (QED) is 0.753. The van der Waals surface area contributed by atoms with Crippen molar-refractivity contribution in [1.29, 1.82) is 0 Å². The van der Waals surface area contributed by atoms with Gasteiger partial charge >= 0.3 is 0 Å². The van der Waals surface area contributed by atoms with Crippen molar-refractivity contribution in [1.82, 2.24) is 0 Å². The monoisotopic (exact) mass is 432 g/mol. The standard InChI is InChI=1S/C21H24N2O4S2/c1-4-18-21(25)22-17-13-16(8-9-19(17)28-18)29(26,27)11-10-20(24)23(3)15-7-5-6-14(2)12-15/h5-9,12-13,18H,4,10-11H2,1-3H3,(H,22,25)/t18-/m0/s1. The molecule has 2 aromatic carbocycles. The van der Waals surface area contributed by atoms with E-state index in [0.717, 1.165) is 16.1 Å². The molecule has 2 amide bonds. The van der Waals surface area contributed by atoms with E-state index in [-0.39, 0.29) is 34.1 Å². The highest BCUT2D eigenvalue weighted by Gasteiger charge is 2.27. The third-order valence-electron chi connectivity index (χ3n) is 4.85. The first-order chi connectivity index (χ1) is 13.7. The molecule has 29 heavy (non-hydrogen) atoms. The SMILES string of the molecule is CC[C@@H]1Sc2ccc(S(=O)(=O)CCC(=O)N(C)c3cccc(C)c3)cc2NC1=O. The van der Waals surface area contributed by atoms with Crippen molar-refractivity contribution in [3.8, 4) is 0 Å². The van der Waals surface area contributed by atoms with E-state index in [1.807, 2.05) is 38.1 Å². The van der Waals surface area contributed by atoms with Gasteiger partial charge < -0.3 is 10.2 Å². The van der Waals surface area contributed by atoms with Crippen LogP contribution < -0.4 is 10.2 Å². The second kappa shape index (κ2) is 8.59. The van der Waals surface area contributed by atoms with Crippen LogP contribution in [0.1, 0.15) is 25.3 Å². The van der Waals surface area contributed by atoms with Crippen LogP contribution in [0.15, 0.2) is 52.3 Å². The Balaban J connectivity index is 1.71. The number of nitrogens with one attached hydrogen (secondary N) is 1. The summed E-state index contributed by atoms with van der Waals surface area (Å²) in [6, 6.07) is 12.2. The minimum Gasteiger partial charge on any atom is -0.324 e. The number of aryl methyl sites for hydroxylation is 1. The number of carbonyl (C=O) groups is 2. The molecule has 0 unspecified atom stereocenters. The Morgan fingerprint density at radius 2 is 1.97 bits per heavy atom. The average molecular weight is 433 g/mol. The first-order valence-corrected chi connectivity index (χ1v) is 11.9. The highest BCUT2D eigenvalue weighted by Crippen LogP contribution is 2.38. The fraction of sp³-hybridized carbons (Fsp3) is 0.333. The number of carbonyl (C=O) groups excluding carboxylic acids is 2. The van der Waals surface area contributed by atoms with E-state index in [1.54, 1.807) is 19.2 Å². The maximum absolute atomic E-state index is 12.7. The van der Waals surface area contributed by atoms with E-state index in [9.17, 15) is 18.0 Å². The van der Waals surface area contributed by atoms with Crippen LogP contribution in [-0.2, 0) is 19.4 Å². The van der Waals surface area contributed by atoms with Gasteiger partial charge in [0.2, 0.25) is 11.8 Å². The van der Waals surface area contributed by atoms with E-state index in [4.69, 9.17) is 0 Å².